The molecule has 1 N–H and O–H groups in total. The van der Waals surface area contributed by atoms with Gasteiger partial charge in [0.2, 0.25) is 5.95 Å². The van der Waals surface area contributed by atoms with E-state index in [1.165, 1.54) is 0 Å². The van der Waals surface area contributed by atoms with Crippen molar-refractivity contribution in [1.29, 1.82) is 0 Å². The number of aromatic nitrogens is 2. The number of anilines is 1. The van der Waals surface area contributed by atoms with Crippen molar-refractivity contribution < 1.29 is 0 Å². The second kappa shape index (κ2) is 6.32. The monoisotopic (exact) mass is 358 g/mol. The zero-order chi connectivity index (χ0) is 13.8. The Morgan fingerprint density at radius 2 is 1.89 bits per heavy atom. The van der Waals surface area contributed by atoms with Crippen LogP contribution in [0.3, 0.4) is 0 Å². The van der Waals surface area contributed by atoms with E-state index in [0.29, 0.717) is 16.0 Å². The van der Waals surface area contributed by atoms with Crippen molar-refractivity contribution >= 4 is 50.8 Å². The molecule has 2 aromatic rings. The molecule has 0 saturated heterocycles. The highest BCUT2D eigenvalue weighted by atomic mass is 79.9. The summed E-state index contributed by atoms with van der Waals surface area (Å²) >= 11 is 15.1. The summed E-state index contributed by atoms with van der Waals surface area (Å²) in [5.74, 6) is 0.419. The predicted molar refractivity (Wildman–Crippen MR) is 82.0 cm³/mol. The number of rotatable bonds is 3. The maximum absolute atomic E-state index is 5.96. The van der Waals surface area contributed by atoms with Gasteiger partial charge in [0.1, 0.15) is 0 Å². The number of nitrogens with one attached hydrogen (secondary N) is 1. The van der Waals surface area contributed by atoms with E-state index in [-0.39, 0.29) is 0 Å². The lowest BCUT2D eigenvalue weighted by Crippen LogP contribution is -2.02. The van der Waals surface area contributed by atoms with Crippen molar-refractivity contribution in [3.8, 4) is 0 Å². The summed E-state index contributed by atoms with van der Waals surface area (Å²) in [6.45, 7) is 1.85. The molecule has 4 nitrogen and oxygen atoms in total. The SMILES string of the molecule is C/C(=N/Nc1ncc(Br)cn1)c1ccc(Cl)c(Cl)c1. The average Bonchev–Trinajstić information content (AvgIpc) is 2.41. The van der Waals surface area contributed by atoms with Gasteiger partial charge in [-0.1, -0.05) is 29.3 Å². The quantitative estimate of drug-likeness (QED) is 0.653. The second-order valence-corrected chi connectivity index (χ2v) is 5.39. The fraction of sp³-hybridized carbons (Fsp3) is 0.0833. The van der Waals surface area contributed by atoms with Crippen molar-refractivity contribution in [2.45, 2.75) is 6.92 Å². The summed E-state index contributed by atoms with van der Waals surface area (Å²) in [6.07, 6.45) is 3.28. The Balaban J connectivity index is 2.14. The lowest BCUT2D eigenvalue weighted by Gasteiger charge is -2.04. The molecular formula is C12H9BrCl2N4. The van der Waals surface area contributed by atoms with Gasteiger partial charge in [-0.15, -0.1) is 0 Å². The zero-order valence-corrected chi connectivity index (χ0v) is 13.0. The molecule has 0 unspecified atom stereocenters. The Morgan fingerprint density at radius 1 is 1.21 bits per heavy atom. The van der Waals surface area contributed by atoms with E-state index in [1.54, 1.807) is 24.5 Å². The summed E-state index contributed by atoms with van der Waals surface area (Å²) in [5, 5.41) is 5.20. The molecule has 0 saturated carbocycles. The van der Waals surface area contributed by atoms with Gasteiger partial charge in [0.25, 0.3) is 0 Å². The molecule has 98 valence electrons. The van der Waals surface area contributed by atoms with Crippen LogP contribution in [-0.4, -0.2) is 15.7 Å². The molecule has 0 spiro atoms. The van der Waals surface area contributed by atoms with Gasteiger partial charge in [-0.25, -0.2) is 15.4 Å². The lowest BCUT2D eigenvalue weighted by molar-refractivity contribution is 1.10. The Bertz CT molecular complexity index is 614. The van der Waals surface area contributed by atoms with Gasteiger partial charge >= 0.3 is 0 Å². The van der Waals surface area contributed by atoms with Crippen LogP contribution in [0.2, 0.25) is 10.0 Å². The topological polar surface area (TPSA) is 50.2 Å². The molecule has 0 aliphatic heterocycles. The first-order valence-corrected chi connectivity index (χ1v) is 6.84. The number of hydrogen-bond donors (Lipinski definition) is 1. The molecule has 0 aliphatic rings. The van der Waals surface area contributed by atoms with Crippen LogP contribution in [0.5, 0.6) is 0 Å². The number of hydrazone groups is 1. The third-order valence-corrected chi connectivity index (χ3v) is 3.43. The zero-order valence-electron chi connectivity index (χ0n) is 9.86. The second-order valence-electron chi connectivity index (χ2n) is 3.66. The maximum atomic E-state index is 5.96. The van der Waals surface area contributed by atoms with Gasteiger partial charge in [-0.05, 0) is 40.5 Å². The number of hydrogen-bond acceptors (Lipinski definition) is 4. The summed E-state index contributed by atoms with van der Waals surface area (Å²) in [7, 11) is 0. The van der Waals surface area contributed by atoms with Gasteiger partial charge in [0.15, 0.2) is 0 Å². The summed E-state index contributed by atoms with van der Waals surface area (Å²) in [6, 6.07) is 5.33. The van der Waals surface area contributed by atoms with Crippen LogP contribution < -0.4 is 5.43 Å². The fourth-order valence-electron chi connectivity index (χ4n) is 1.29. The van der Waals surface area contributed by atoms with Gasteiger partial charge in [0.05, 0.1) is 20.2 Å². The first-order valence-electron chi connectivity index (χ1n) is 5.29. The van der Waals surface area contributed by atoms with E-state index < -0.39 is 0 Å². The third-order valence-electron chi connectivity index (χ3n) is 2.28. The maximum Gasteiger partial charge on any atom is 0.243 e. The van der Waals surface area contributed by atoms with Crippen LogP contribution in [0, 0.1) is 0 Å². The largest absolute Gasteiger partial charge is 0.245 e. The molecule has 7 heteroatoms. The molecule has 1 aromatic heterocycles. The van der Waals surface area contributed by atoms with Crippen molar-refractivity contribution in [3.63, 3.8) is 0 Å². The molecule has 0 radical (unpaired) electrons. The Hall–Kier alpha value is -1.17. The minimum Gasteiger partial charge on any atom is -0.245 e. The van der Waals surface area contributed by atoms with Crippen molar-refractivity contribution in [1.82, 2.24) is 9.97 Å². The average molecular weight is 360 g/mol. The van der Waals surface area contributed by atoms with Crippen molar-refractivity contribution in [2.75, 3.05) is 5.43 Å². The van der Waals surface area contributed by atoms with E-state index in [1.807, 2.05) is 13.0 Å². The highest BCUT2D eigenvalue weighted by Crippen LogP contribution is 2.22. The van der Waals surface area contributed by atoms with Crippen LogP contribution in [0.25, 0.3) is 0 Å². The van der Waals surface area contributed by atoms with Gasteiger partial charge < -0.3 is 0 Å². The third kappa shape index (κ3) is 3.89. The van der Waals surface area contributed by atoms with E-state index in [4.69, 9.17) is 23.2 Å². The Labute approximate surface area is 129 Å². The first kappa shape index (κ1) is 14.2. The molecule has 1 heterocycles. The van der Waals surface area contributed by atoms with E-state index >= 15 is 0 Å². The number of benzene rings is 1. The van der Waals surface area contributed by atoms with Gasteiger partial charge in [0, 0.05) is 12.4 Å². The van der Waals surface area contributed by atoms with Crippen LogP contribution in [0.4, 0.5) is 5.95 Å². The normalized spacial score (nSPS) is 11.5. The molecule has 0 fully saturated rings. The lowest BCUT2D eigenvalue weighted by atomic mass is 10.1. The van der Waals surface area contributed by atoms with Gasteiger partial charge in [-0.3, -0.25) is 0 Å². The highest BCUT2D eigenvalue weighted by molar-refractivity contribution is 9.10. The first-order chi connectivity index (χ1) is 9.06. The summed E-state index contributed by atoms with van der Waals surface area (Å²) < 4.78 is 0.809. The van der Waals surface area contributed by atoms with Crippen molar-refractivity contribution in [2.24, 2.45) is 5.10 Å². The Kier molecular flexibility index (Phi) is 4.74. The van der Waals surface area contributed by atoms with Crippen LogP contribution >= 0.6 is 39.1 Å². The smallest absolute Gasteiger partial charge is 0.243 e. The number of halogens is 3. The van der Waals surface area contributed by atoms with Crippen LogP contribution in [0.15, 0.2) is 40.2 Å². The molecule has 19 heavy (non-hydrogen) atoms. The van der Waals surface area contributed by atoms with E-state index in [0.717, 1.165) is 15.7 Å². The Morgan fingerprint density at radius 3 is 2.53 bits per heavy atom. The summed E-state index contributed by atoms with van der Waals surface area (Å²) in [5.41, 5.74) is 4.40. The molecule has 0 atom stereocenters. The predicted octanol–water partition coefficient (Wildman–Crippen LogP) is 4.38. The van der Waals surface area contributed by atoms with Crippen LogP contribution in [0.1, 0.15) is 12.5 Å². The number of nitrogens with zero attached hydrogens (tertiary/aromatic N) is 3. The standard InChI is InChI=1S/C12H9BrCl2N4/c1-7(8-2-3-10(14)11(15)4-8)18-19-12-16-5-9(13)6-17-12/h2-6H,1H3,(H,16,17,19)/b18-7-. The molecule has 0 aliphatic carbocycles. The van der Waals surface area contributed by atoms with E-state index in [2.05, 4.69) is 36.4 Å². The van der Waals surface area contributed by atoms with Gasteiger partial charge in [-0.2, -0.15) is 5.10 Å². The minimum atomic E-state index is 0.419. The minimum absolute atomic E-state index is 0.419. The van der Waals surface area contributed by atoms with Crippen LogP contribution in [-0.2, 0) is 0 Å². The molecule has 0 bridgehead atoms. The molecule has 1 aromatic carbocycles. The van der Waals surface area contributed by atoms with Crippen molar-refractivity contribution in [3.05, 3.63) is 50.7 Å². The van der Waals surface area contributed by atoms with E-state index in [9.17, 15) is 0 Å². The molecule has 0 amide bonds. The summed E-state index contributed by atoms with van der Waals surface area (Å²) in [4.78, 5) is 8.10. The fourth-order valence-corrected chi connectivity index (χ4v) is 1.79. The molecular weight excluding hydrogens is 351 g/mol. The highest BCUT2D eigenvalue weighted by Gasteiger charge is 2.02. The molecule has 2 rings (SSSR count).